The summed E-state index contributed by atoms with van der Waals surface area (Å²) in [5.41, 5.74) is 2.61. The lowest BCUT2D eigenvalue weighted by molar-refractivity contribution is -0.164. The highest BCUT2D eigenvalue weighted by Gasteiger charge is 2.77. The van der Waals surface area contributed by atoms with Crippen molar-refractivity contribution in [2.75, 3.05) is 19.6 Å². The molecule has 26 heavy (non-hydrogen) atoms. The second-order valence-corrected chi connectivity index (χ2v) is 9.82. The average Bonchev–Trinajstić information content (AvgIpc) is 3.29. The normalized spacial score (nSPS) is 48.3. The number of ether oxygens (including phenoxy) is 1. The Morgan fingerprint density at radius 1 is 1.23 bits per heavy atom. The molecule has 0 spiro atoms. The van der Waals surface area contributed by atoms with Gasteiger partial charge in [0.05, 0.1) is 11.7 Å². The molecule has 0 aromatic heterocycles. The fourth-order valence-electron chi connectivity index (χ4n) is 7.97. The number of hydrogen-bond acceptors (Lipinski definition) is 4. The molecule has 0 unspecified atom stereocenters. The first kappa shape index (κ1) is 14.9. The van der Waals surface area contributed by atoms with E-state index in [1.54, 1.807) is 0 Å². The van der Waals surface area contributed by atoms with Gasteiger partial charge in [0.2, 0.25) is 0 Å². The van der Waals surface area contributed by atoms with Crippen LogP contribution in [0.5, 0.6) is 5.75 Å². The summed E-state index contributed by atoms with van der Waals surface area (Å²) < 4.78 is 7.05. The lowest BCUT2D eigenvalue weighted by Gasteiger charge is -2.64. The van der Waals surface area contributed by atoms with Gasteiger partial charge in [0, 0.05) is 42.1 Å². The van der Waals surface area contributed by atoms with Gasteiger partial charge in [-0.2, -0.15) is 0 Å². The molecule has 5 fully saturated rings. The maximum absolute atomic E-state index is 11.0. The molecular formula is C22H28N2O2. The zero-order valence-corrected chi connectivity index (χ0v) is 15.3. The first-order valence-corrected chi connectivity index (χ1v) is 10.7. The van der Waals surface area contributed by atoms with Gasteiger partial charge in [0.25, 0.3) is 0 Å². The van der Waals surface area contributed by atoms with Crippen molar-refractivity contribution in [3.63, 3.8) is 0 Å². The summed E-state index contributed by atoms with van der Waals surface area (Å²) in [7, 11) is 0. The van der Waals surface area contributed by atoms with E-state index < -0.39 is 0 Å². The molecule has 3 aliphatic carbocycles. The summed E-state index contributed by atoms with van der Waals surface area (Å²) in [6, 6.07) is 7.30. The number of likely N-dealkylation sites (tertiary alicyclic amines) is 1. The second kappa shape index (κ2) is 4.65. The van der Waals surface area contributed by atoms with Crippen molar-refractivity contribution in [1.82, 2.24) is 10.2 Å². The third-order valence-corrected chi connectivity index (χ3v) is 8.88. The molecule has 6 aliphatic rings. The van der Waals surface area contributed by atoms with E-state index in [1.165, 1.54) is 43.5 Å². The minimum Gasteiger partial charge on any atom is -0.508 e. The number of nitrogens with one attached hydrogen (secondary N) is 1. The molecule has 4 heteroatoms. The largest absolute Gasteiger partial charge is 0.508 e. The summed E-state index contributed by atoms with van der Waals surface area (Å²) in [6.07, 6.45) is 7.75. The zero-order chi connectivity index (χ0) is 17.1. The van der Waals surface area contributed by atoms with E-state index in [0.29, 0.717) is 29.9 Å². The molecule has 1 aromatic rings. The van der Waals surface area contributed by atoms with Gasteiger partial charge in [0.15, 0.2) is 0 Å². The number of phenols is 1. The van der Waals surface area contributed by atoms with Gasteiger partial charge in [-0.05, 0) is 62.6 Å². The van der Waals surface area contributed by atoms with Gasteiger partial charge in [-0.1, -0.05) is 12.1 Å². The number of phenolic OH excluding ortho intramolecular Hbond substituents is 1. The van der Waals surface area contributed by atoms with Crippen LogP contribution in [0.25, 0.3) is 0 Å². The predicted octanol–water partition coefficient (Wildman–Crippen LogP) is 2.19. The van der Waals surface area contributed by atoms with Crippen LogP contribution in [0.4, 0.5) is 0 Å². The van der Waals surface area contributed by atoms with Crippen LogP contribution in [-0.2, 0) is 16.6 Å². The quantitative estimate of drug-likeness (QED) is 0.856. The van der Waals surface area contributed by atoms with Crippen LogP contribution in [-0.4, -0.2) is 53.4 Å². The monoisotopic (exact) mass is 352 g/mol. The number of rotatable bonds is 2. The van der Waals surface area contributed by atoms with Crippen LogP contribution in [0.1, 0.15) is 43.2 Å². The standard InChI is InChI=1S/C22H28N2O2/c25-16-3-1-2-14-10-18-22-7-6-15-20(17(26-22)11-23-15)21(22,19(14)16)8-9-24(18)12-13-4-5-13/h1-3,13,15,17-18,20,23,25H,4-12H2/t15-,17-,18-,20+,21+,22-/m1/s1. The molecule has 2 N–H and O–H groups in total. The Balaban J connectivity index is 1.47. The summed E-state index contributed by atoms with van der Waals surface area (Å²) >= 11 is 0. The van der Waals surface area contributed by atoms with Gasteiger partial charge in [-0.25, -0.2) is 0 Å². The fraction of sp³-hybridized carbons (Fsp3) is 0.727. The lowest BCUT2D eigenvalue weighted by atomic mass is 9.46. The topological polar surface area (TPSA) is 44.7 Å². The maximum atomic E-state index is 11.0. The average molecular weight is 352 g/mol. The molecule has 3 heterocycles. The Morgan fingerprint density at radius 3 is 3.04 bits per heavy atom. The van der Waals surface area contributed by atoms with Crippen molar-refractivity contribution < 1.29 is 9.84 Å². The van der Waals surface area contributed by atoms with E-state index in [9.17, 15) is 5.11 Å². The van der Waals surface area contributed by atoms with Crippen molar-refractivity contribution in [3.8, 4) is 5.75 Å². The Bertz CT molecular complexity index is 792. The van der Waals surface area contributed by atoms with Gasteiger partial charge >= 0.3 is 0 Å². The van der Waals surface area contributed by atoms with Crippen molar-refractivity contribution in [2.45, 2.75) is 67.7 Å². The summed E-state index contributed by atoms with van der Waals surface area (Å²) in [4.78, 5) is 2.79. The molecule has 7 rings (SSSR count). The van der Waals surface area contributed by atoms with Crippen molar-refractivity contribution in [3.05, 3.63) is 29.3 Å². The van der Waals surface area contributed by atoms with Crippen LogP contribution in [0, 0.1) is 11.8 Å². The lowest BCUT2D eigenvalue weighted by Crippen LogP contribution is -2.74. The van der Waals surface area contributed by atoms with E-state index in [4.69, 9.17) is 4.74 Å². The summed E-state index contributed by atoms with van der Waals surface area (Å²) in [5, 5.41) is 14.7. The van der Waals surface area contributed by atoms with Gasteiger partial charge in [-0.3, -0.25) is 4.90 Å². The fourth-order valence-corrected chi connectivity index (χ4v) is 7.97. The maximum Gasteiger partial charge on any atom is 0.119 e. The minimum absolute atomic E-state index is 0.0216. The molecule has 6 atom stereocenters. The molecule has 0 amide bonds. The number of piperidine rings is 1. The third kappa shape index (κ3) is 1.52. The van der Waals surface area contributed by atoms with Gasteiger partial charge in [0.1, 0.15) is 5.75 Å². The molecule has 0 radical (unpaired) electrons. The zero-order valence-electron chi connectivity index (χ0n) is 15.3. The second-order valence-electron chi connectivity index (χ2n) is 9.82. The van der Waals surface area contributed by atoms with Crippen LogP contribution >= 0.6 is 0 Å². The van der Waals surface area contributed by atoms with Gasteiger partial charge in [-0.15, -0.1) is 0 Å². The number of hydrogen-bond donors (Lipinski definition) is 2. The summed E-state index contributed by atoms with van der Waals surface area (Å²) in [6.45, 7) is 3.43. The number of fused-ring (bicyclic) bond motifs is 1. The van der Waals surface area contributed by atoms with E-state index in [2.05, 4.69) is 16.3 Å². The molecule has 138 valence electrons. The Morgan fingerprint density at radius 2 is 2.15 bits per heavy atom. The first-order valence-electron chi connectivity index (χ1n) is 10.7. The van der Waals surface area contributed by atoms with Crippen LogP contribution in [0.3, 0.4) is 0 Å². The number of nitrogens with zero attached hydrogens (tertiary/aromatic N) is 1. The van der Waals surface area contributed by atoms with E-state index in [-0.39, 0.29) is 11.0 Å². The molecule has 1 aromatic carbocycles. The van der Waals surface area contributed by atoms with E-state index in [0.717, 1.165) is 31.7 Å². The van der Waals surface area contributed by atoms with Crippen LogP contribution < -0.4 is 5.32 Å². The van der Waals surface area contributed by atoms with Gasteiger partial charge < -0.3 is 15.2 Å². The Hall–Kier alpha value is -1.10. The smallest absolute Gasteiger partial charge is 0.119 e. The van der Waals surface area contributed by atoms with Crippen molar-refractivity contribution >= 4 is 0 Å². The Labute approximate surface area is 154 Å². The molecule has 3 aliphatic heterocycles. The molecule has 2 saturated carbocycles. The highest BCUT2D eigenvalue weighted by Crippen LogP contribution is 2.69. The highest BCUT2D eigenvalue weighted by molar-refractivity contribution is 5.55. The molecular weight excluding hydrogens is 324 g/mol. The van der Waals surface area contributed by atoms with Crippen LogP contribution in [0.15, 0.2) is 18.2 Å². The Kier molecular flexibility index (Phi) is 2.67. The minimum atomic E-state index is -0.0695. The number of benzene rings is 1. The molecule has 4 nitrogen and oxygen atoms in total. The summed E-state index contributed by atoms with van der Waals surface area (Å²) in [5.74, 6) is 1.98. The molecule has 4 bridgehead atoms. The first-order chi connectivity index (χ1) is 12.7. The number of aromatic hydroxyl groups is 1. The van der Waals surface area contributed by atoms with Crippen molar-refractivity contribution in [2.24, 2.45) is 11.8 Å². The predicted molar refractivity (Wildman–Crippen MR) is 98.3 cm³/mol. The highest BCUT2D eigenvalue weighted by atomic mass is 16.5. The third-order valence-electron chi connectivity index (χ3n) is 8.88. The molecule has 3 saturated heterocycles. The SMILES string of the molecule is Oc1cccc2c1[C@]13CCN(CC4CC4)[C@H](C2)[C@]12CC[C@H]1NC[C@@H](O2)[C@H]13. The van der Waals surface area contributed by atoms with E-state index in [1.807, 2.05) is 12.1 Å². The van der Waals surface area contributed by atoms with Crippen LogP contribution in [0.2, 0.25) is 0 Å². The van der Waals surface area contributed by atoms with Crippen molar-refractivity contribution in [1.29, 1.82) is 0 Å². The van der Waals surface area contributed by atoms with E-state index >= 15 is 0 Å².